The van der Waals surface area contributed by atoms with Gasteiger partial charge in [-0.05, 0) is 31.6 Å². The van der Waals surface area contributed by atoms with Gasteiger partial charge in [0.1, 0.15) is 6.29 Å². The van der Waals surface area contributed by atoms with E-state index < -0.39 is 0 Å². The molecular weight excluding hydrogens is 206 g/mol. The van der Waals surface area contributed by atoms with Crippen molar-refractivity contribution in [2.24, 2.45) is 11.8 Å². The zero-order chi connectivity index (χ0) is 11.5. The average Bonchev–Trinajstić information content (AvgIpc) is 2.62. The highest BCUT2D eigenvalue weighted by Gasteiger charge is 2.28. The molecule has 2 aliphatic rings. The van der Waals surface area contributed by atoms with Crippen LogP contribution in [-0.4, -0.2) is 29.5 Å². The summed E-state index contributed by atoms with van der Waals surface area (Å²) in [6.45, 7) is 0.510. The van der Waals surface area contributed by atoms with Crippen LogP contribution in [0.25, 0.3) is 0 Å². The van der Waals surface area contributed by atoms with Crippen LogP contribution >= 0.6 is 0 Å². The molecule has 2 amide bonds. The number of carbonyl (C=O) groups excluding carboxylic acids is 3. The highest BCUT2D eigenvalue weighted by atomic mass is 16.2. The van der Waals surface area contributed by atoms with Crippen LogP contribution in [0.3, 0.4) is 0 Å². The van der Waals surface area contributed by atoms with E-state index in [1.807, 2.05) is 0 Å². The minimum absolute atomic E-state index is 0.180. The van der Waals surface area contributed by atoms with E-state index in [2.05, 4.69) is 0 Å². The van der Waals surface area contributed by atoms with E-state index in [1.165, 1.54) is 17.1 Å². The van der Waals surface area contributed by atoms with Crippen molar-refractivity contribution in [3.05, 3.63) is 12.2 Å². The first kappa shape index (κ1) is 11.0. The topological polar surface area (TPSA) is 54.5 Å². The fraction of sp³-hybridized carbons (Fsp3) is 0.583. The summed E-state index contributed by atoms with van der Waals surface area (Å²) in [6, 6.07) is 0. The largest absolute Gasteiger partial charge is 0.303 e. The van der Waals surface area contributed by atoms with Crippen molar-refractivity contribution < 1.29 is 14.4 Å². The molecule has 1 aliphatic heterocycles. The van der Waals surface area contributed by atoms with Gasteiger partial charge in [0.05, 0.1) is 0 Å². The molecule has 16 heavy (non-hydrogen) atoms. The van der Waals surface area contributed by atoms with Crippen molar-refractivity contribution in [3.8, 4) is 0 Å². The second-order valence-corrected chi connectivity index (χ2v) is 4.54. The Labute approximate surface area is 94.3 Å². The number of aldehydes is 1. The molecule has 0 spiro atoms. The molecule has 0 radical (unpaired) electrons. The molecule has 0 unspecified atom stereocenters. The van der Waals surface area contributed by atoms with Gasteiger partial charge in [0, 0.05) is 24.6 Å². The van der Waals surface area contributed by atoms with E-state index in [-0.39, 0.29) is 17.7 Å². The fourth-order valence-electron chi connectivity index (χ4n) is 2.38. The van der Waals surface area contributed by atoms with Crippen LogP contribution in [0.5, 0.6) is 0 Å². The molecule has 0 atom stereocenters. The maximum absolute atomic E-state index is 11.3. The van der Waals surface area contributed by atoms with Crippen LogP contribution < -0.4 is 0 Å². The predicted octanol–water partition coefficient (Wildman–Crippen LogP) is 0.917. The standard InChI is InChI=1S/C12H15NO3/c14-8-10-3-1-9(2-4-10)7-13-11(15)5-6-12(13)16/h5-6,8-10H,1-4,7H2/t9-,10-. The Morgan fingerprint density at radius 2 is 1.69 bits per heavy atom. The molecule has 1 saturated carbocycles. The Morgan fingerprint density at radius 3 is 2.19 bits per heavy atom. The van der Waals surface area contributed by atoms with Gasteiger partial charge in [-0.3, -0.25) is 14.5 Å². The molecule has 0 bridgehead atoms. The second-order valence-electron chi connectivity index (χ2n) is 4.54. The zero-order valence-corrected chi connectivity index (χ0v) is 9.09. The summed E-state index contributed by atoms with van der Waals surface area (Å²) in [5.74, 6) is 0.133. The minimum atomic E-state index is -0.206. The third-order valence-electron chi connectivity index (χ3n) is 3.43. The maximum Gasteiger partial charge on any atom is 0.253 e. The molecule has 0 saturated heterocycles. The van der Waals surface area contributed by atoms with Crippen molar-refractivity contribution in [2.75, 3.05) is 6.54 Å². The quantitative estimate of drug-likeness (QED) is 0.526. The summed E-state index contributed by atoms with van der Waals surface area (Å²) in [4.78, 5) is 34.6. The number of hydrogen-bond acceptors (Lipinski definition) is 3. The lowest BCUT2D eigenvalue weighted by atomic mass is 9.82. The van der Waals surface area contributed by atoms with Crippen molar-refractivity contribution in [1.82, 2.24) is 4.90 Å². The normalized spacial score (nSPS) is 29.9. The second kappa shape index (κ2) is 4.60. The molecule has 1 aliphatic carbocycles. The van der Waals surface area contributed by atoms with E-state index in [0.717, 1.165) is 32.0 Å². The van der Waals surface area contributed by atoms with Gasteiger partial charge in [-0.1, -0.05) is 0 Å². The van der Waals surface area contributed by atoms with Gasteiger partial charge < -0.3 is 4.79 Å². The van der Waals surface area contributed by atoms with Crippen molar-refractivity contribution in [2.45, 2.75) is 25.7 Å². The monoisotopic (exact) mass is 221 g/mol. The Bertz CT molecular complexity index is 322. The molecule has 4 nitrogen and oxygen atoms in total. The van der Waals surface area contributed by atoms with Gasteiger partial charge in [-0.15, -0.1) is 0 Å². The van der Waals surface area contributed by atoms with Gasteiger partial charge in [0.15, 0.2) is 0 Å². The third kappa shape index (κ3) is 2.21. The Morgan fingerprint density at radius 1 is 1.12 bits per heavy atom. The molecule has 0 aromatic carbocycles. The van der Waals surface area contributed by atoms with Gasteiger partial charge in [0.25, 0.3) is 11.8 Å². The summed E-state index contributed by atoms with van der Waals surface area (Å²) in [5, 5.41) is 0. The summed E-state index contributed by atoms with van der Waals surface area (Å²) < 4.78 is 0. The highest BCUT2D eigenvalue weighted by molar-refractivity contribution is 6.12. The number of amides is 2. The highest BCUT2D eigenvalue weighted by Crippen LogP contribution is 2.28. The first-order valence-electron chi connectivity index (χ1n) is 5.69. The predicted molar refractivity (Wildman–Crippen MR) is 57.4 cm³/mol. The van der Waals surface area contributed by atoms with Crippen LogP contribution in [0.15, 0.2) is 12.2 Å². The summed E-state index contributed by atoms with van der Waals surface area (Å²) in [7, 11) is 0. The molecule has 0 aromatic rings. The molecule has 1 heterocycles. The summed E-state index contributed by atoms with van der Waals surface area (Å²) in [5.41, 5.74) is 0. The van der Waals surface area contributed by atoms with Crippen molar-refractivity contribution in [3.63, 3.8) is 0 Å². The molecular formula is C12H15NO3. The molecule has 1 fully saturated rings. The number of carbonyl (C=O) groups is 3. The van der Waals surface area contributed by atoms with E-state index in [9.17, 15) is 14.4 Å². The smallest absolute Gasteiger partial charge is 0.253 e. The van der Waals surface area contributed by atoms with E-state index in [0.29, 0.717) is 12.5 Å². The van der Waals surface area contributed by atoms with Crippen LogP contribution in [0, 0.1) is 11.8 Å². The molecule has 4 heteroatoms. The van der Waals surface area contributed by atoms with Crippen LogP contribution in [0.1, 0.15) is 25.7 Å². The average molecular weight is 221 g/mol. The van der Waals surface area contributed by atoms with Gasteiger partial charge in [-0.2, -0.15) is 0 Å². The van der Waals surface area contributed by atoms with E-state index in [1.54, 1.807) is 0 Å². The summed E-state index contributed by atoms with van der Waals surface area (Å²) >= 11 is 0. The lowest BCUT2D eigenvalue weighted by molar-refractivity contribution is -0.137. The first-order chi connectivity index (χ1) is 7.70. The first-order valence-corrected chi connectivity index (χ1v) is 5.69. The maximum atomic E-state index is 11.3. The SMILES string of the molecule is O=C[C@H]1CC[C@H](CN2C(=O)C=CC2=O)CC1. The van der Waals surface area contributed by atoms with Gasteiger partial charge >= 0.3 is 0 Å². The van der Waals surface area contributed by atoms with E-state index in [4.69, 9.17) is 0 Å². The Hall–Kier alpha value is -1.45. The van der Waals surface area contributed by atoms with Gasteiger partial charge in [0.2, 0.25) is 0 Å². The Kier molecular flexibility index (Phi) is 3.17. The summed E-state index contributed by atoms with van der Waals surface area (Å²) in [6.07, 6.45) is 7.29. The number of rotatable bonds is 3. The third-order valence-corrected chi connectivity index (χ3v) is 3.43. The number of hydrogen-bond donors (Lipinski definition) is 0. The van der Waals surface area contributed by atoms with Crippen molar-refractivity contribution >= 4 is 18.1 Å². The van der Waals surface area contributed by atoms with Crippen LogP contribution in [0.4, 0.5) is 0 Å². The van der Waals surface area contributed by atoms with Crippen LogP contribution in [0.2, 0.25) is 0 Å². The van der Waals surface area contributed by atoms with E-state index >= 15 is 0 Å². The van der Waals surface area contributed by atoms with Crippen LogP contribution in [-0.2, 0) is 14.4 Å². The number of nitrogens with zero attached hydrogens (tertiary/aromatic N) is 1. The fourth-order valence-corrected chi connectivity index (χ4v) is 2.38. The van der Waals surface area contributed by atoms with Crippen molar-refractivity contribution in [1.29, 1.82) is 0 Å². The Balaban J connectivity index is 1.85. The minimum Gasteiger partial charge on any atom is -0.303 e. The zero-order valence-electron chi connectivity index (χ0n) is 9.09. The molecule has 2 rings (SSSR count). The number of imide groups is 1. The van der Waals surface area contributed by atoms with Gasteiger partial charge in [-0.25, -0.2) is 0 Å². The molecule has 86 valence electrons. The lowest BCUT2D eigenvalue weighted by Gasteiger charge is -2.28. The lowest BCUT2D eigenvalue weighted by Crippen LogP contribution is -2.36. The molecule has 0 aromatic heterocycles. The molecule has 0 N–H and O–H groups in total.